The second kappa shape index (κ2) is 16.7. The lowest BCUT2D eigenvalue weighted by Gasteiger charge is -2.41. The SMILES string of the molecule is CCCCCCCCCCCCCC[N+]1(Cc2ccc(OC)c(/C=C(\C)[N+](=O)[O-])c2)CCOCC1. The third-order valence-electron chi connectivity index (χ3n) is 7.37. The van der Waals surface area contributed by atoms with Crippen LogP contribution in [0.2, 0.25) is 0 Å². The van der Waals surface area contributed by atoms with E-state index in [1.54, 1.807) is 13.2 Å². The Kier molecular flexibility index (Phi) is 14.0. The molecule has 0 N–H and O–H groups in total. The number of quaternary nitrogens is 1. The van der Waals surface area contributed by atoms with Gasteiger partial charge >= 0.3 is 0 Å². The maximum Gasteiger partial charge on any atom is 0.243 e. The first-order valence-electron chi connectivity index (χ1n) is 13.9. The van der Waals surface area contributed by atoms with E-state index in [-0.39, 0.29) is 10.6 Å². The summed E-state index contributed by atoms with van der Waals surface area (Å²) in [6, 6.07) is 6.11. The van der Waals surface area contributed by atoms with E-state index in [1.165, 1.54) is 96.1 Å². The largest absolute Gasteiger partial charge is 0.496 e. The van der Waals surface area contributed by atoms with Gasteiger partial charge in [0.25, 0.3) is 0 Å². The third kappa shape index (κ3) is 11.1. The maximum absolute atomic E-state index is 11.1. The first-order chi connectivity index (χ1) is 17.0. The molecular weight excluding hydrogens is 440 g/mol. The standard InChI is InChI=1S/C29H49N2O4/c1-4-5-6-7-8-9-10-11-12-13-14-15-18-31(19-21-35-22-20-31)25-27-16-17-29(34-3)28(24-27)23-26(2)30(32)33/h16-17,23-24H,4-15,18-22,25H2,1-3H3/q+1/b26-23+. The molecule has 0 saturated carbocycles. The van der Waals surface area contributed by atoms with Crippen molar-refractivity contribution in [3.63, 3.8) is 0 Å². The second-order valence-electron chi connectivity index (χ2n) is 10.3. The normalized spacial score (nSPS) is 15.8. The summed E-state index contributed by atoms with van der Waals surface area (Å²) in [7, 11) is 1.61. The van der Waals surface area contributed by atoms with Crippen LogP contribution in [0.1, 0.15) is 102 Å². The van der Waals surface area contributed by atoms with E-state index in [4.69, 9.17) is 9.47 Å². The van der Waals surface area contributed by atoms with Crippen molar-refractivity contribution in [2.24, 2.45) is 0 Å². The van der Waals surface area contributed by atoms with Crippen LogP contribution in [0.4, 0.5) is 0 Å². The first kappa shape index (κ1) is 29.3. The molecule has 35 heavy (non-hydrogen) atoms. The van der Waals surface area contributed by atoms with Gasteiger partial charge in [-0.2, -0.15) is 0 Å². The lowest BCUT2D eigenvalue weighted by atomic mass is 10.0. The van der Waals surface area contributed by atoms with Gasteiger partial charge in [-0.05, 0) is 31.0 Å². The molecule has 0 radical (unpaired) electrons. The molecule has 1 aliphatic heterocycles. The summed E-state index contributed by atoms with van der Waals surface area (Å²) < 4.78 is 12.2. The van der Waals surface area contributed by atoms with Gasteiger partial charge in [-0.25, -0.2) is 0 Å². The molecule has 0 unspecified atom stereocenters. The minimum Gasteiger partial charge on any atom is -0.496 e. The molecule has 0 spiro atoms. The fourth-order valence-electron chi connectivity index (χ4n) is 5.14. The summed E-state index contributed by atoms with van der Waals surface area (Å²) in [5.41, 5.74) is 2.09. The molecule has 1 aromatic carbocycles. The highest BCUT2D eigenvalue weighted by Crippen LogP contribution is 2.26. The van der Waals surface area contributed by atoms with Gasteiger partial charge in [0, 0.05) is 24.1 Å². The number of morpholine rings is 1. The first-order valence-corrected chi connectivity index (χ1v) is 13.9. The number of nitro groups is 1. The Labute approximate surface area is 213 Å². The number of rotatable bonds is 18. The highest BCUT2D eigenvalue weighted by molar-refractivity contribution is 5.59. The van der Waals surface area contributed by atoms with Crippen LogP contribution in [0.5, 0.6) is 5.75 Å². The van der Waals surface area contributed by atoms with Crippen LogP contribution < -0.4 is 4.74 Å². The molecule has 0 amide bonds. The van der Waals surface area contributed by atoms with Gasteiger partial charge in [0.15, 0.2) is 0 Å². The van der Waals surface area contributed by atoms with Gasteiger partial charge in [-0.1, -0.05) is 71.1 Å². The smallest absolute Gasteiger partial charge is 0.243 e. The number of hydrogen-bond acceptors (Lipinski definition) is 4. The summed E-state index contributed by atoms with van der Waals surface area (Å²) >= 11 is 0. The molecule has 0 bridgehead atoms. The zero-order chi connectivity index (χ0) is 25.4. The minimum atomic E-state index is -0.351. The van der Waals surface area contributed by atoms with Crippen LogP contribution >= 0.6 is 0 Å². The van der Waals surface area contributed by atoms with Gasteiger partial charge in [0.05, 0.1) is 31.8 Å². The third-order valence-corrected chi connectivity index (χ3v) is 7.37. The van der Waals surface area contributed by atoms with Gasteiger partial charge in [0.1, 0.15) is 25.4 Å². The van der Waals surface area contributed by atoms with Crippen molar-refractivity contribution in [2.45, 2.75) is 97.4 Å². The van der Waals surface area contributed by atoms with E-state index < -0.39 is 0 Å². The van der Waals surface area contributed by atoms with E-state index >= 15 is 0 Å². The monoisotopic (exact) mass is 489 g/mol. The number of allylic oxidation sites excluding steroid dienone is 1. The number of methoxy groups -OCH3 is 1. The average Bonchev–Trinajstić information content (AvgIpc) is 2.85. The molecule has 198 valence electrons. The zero-order valence-electron chi connectivity index (χ0n) is 22.6. The fraction of sp³-hybridized carbons (Fsp3) is 0.724. The Bertz CT molecular complexity index is 772. The Hall–Kier alpha value is -1.92. The lowest BCUT2D eigenvalue weighted by Crippen LogP contribution is -2.54. The lowest BCUT2D eigenvalue weighted by molar-refractivity contribution is -0.947. The van der Waals surface area contributed by atoms with E-state index in [1.807, 2.05) is 6.07 Å². The Morgan fingerprint density at radius 3 is 2.11 bits per heavy atom. The molecular formula is C29H49N2O4+. The van der Waals surface area contributed by atoms with Crippen LogP contribution in [-0.2, 0) is 11.3 Å². The van der Waals surface area contributed by atoms with E-state index in [0.717, 1.165) is 42.9 Å². The fourth-order valence-corrected chi connectivity index (χ4v) is 5.14. The molecule has 0 aromatic heterocycles. The van der Waals surface area contributed by atoms with Crippen molar-refractivity contribution in [2.75, 3.05) is 40.0 Å². The minimum absolute atomic E-state index is 0.118. The Morgan fingerprint density at radius 1 is 1.00 bits per heavy atom. The van der Waals surface area contributed by atoms with Crippen LogP contribution in [0.3, 0.4) is 0 Å². The van der Waals surface area contributed by atoms with Gasteiger partial charge < -0.3 is 14.0 Å². The van der Waals surface area contributed by atoms with Crippen LogP contribution in [-0.4, -0.2) is 49.4 Å². The predicted octanol–water partition coefficient (Wildman–Crippen LogP) is 7.38. The van der Waals surface area contributed by atoms with Gasteiger partial charge in [-0.15, -0.1) is 0 Å². The van der Waals surface area contributed by atoms with Crippen molar-refractivity contribution in [1.29, 1.82) is 0 Å². The number of hydrogen-bond donors (Lipinski definition) is 0. The van der Waals surface area contributed by atoms with Crippen molar-refractivity contribution < 1.29 is 18.9 Å². The number of unbranched alkanes of at least 4 members (excludes halogenated alkanes) is 11. The number of nitrogens with zero attached hydrogens (tertiary/aromatic N) is 2. The van der Waals surface area contributed by atoms with Crippen LogP contribution in [0, 0.1) is 10.1 Å². The van der Waals surface area contributed by atoms with Gasteiger partial charge in [0.2, 0.25) is 5.70 Å². The Balaban J connectivity index is 1.82. The molecule has 6 nitrogen and oxygen atoms in total. The molecule has 1 aromatic rings. The number of benzene rings is 1. The highest BCUT2D eigenvalue weighted by Gasteiger charge is 2.30. The van der Waals surface area contributed by atoms with Gasteiger partial charge in [-0.3, -0.25) is 10.1 Å². The van der Waals surface area contributed by atoms with Crippen molar-refractivity contribution in [3.05, 3.63) is 45.1 Å². The van der Waals surface area contributed by atoms with E-state index in [0.29, 0.717) is 5.75 Å². The maximum atomic E-state index is 11.1. The molecule has 1 aliphatic rings. The quantitative estimate of drug-likeness (QED) is 0.0934. The van der Waals surface area contributed by atoms with Crippen molar-refractivity contribution in [1.82, 2.24) is 0 Å². The number of ether oxygens (including phenoxy) is 2. The molecule has 6 heteroatoms. The average molecular weight is 490 g/mol. The van der Waals surface area contributed by atoms with Crippen LogP contribution in [0.25, 0.3) is 6.08 Å². The second-order valence-corrected chi connectivity index (χ2v) is 10.3. The van der Waals surface area contributed by atoms with Crippen molar-refractivity contribution in [3.8, 4) is 5.75 Å². The van der Waals surface area contributed by atoms with Crippen LogP contribution in [0.15, 0.2) is 23.9 Å². The molecule has 0 atom stereocenters. The Morgan fingerprint density at radius 2 is 1.57 bits per heavy atom. The topological polar surface area (TPSA) is 61.6 Å². The molecule has 1 saturated heterocycles. The molecule has 2 rings (SSSR count). The summed E-state index contributed by atoms with van der Waals surface area (Å²) in [6.45, 7) is 9.58. The summed E-state index contributed by atoms with van der Waals surface area (Å²) in [5, 5.41) is 11.1. The van der Waals surface area contributed by atoms with Crippen molar-refractivity contribution >= 4 is 6.08 Å². The summed E-state index contributed by atoms with van der Waals surface area (Å²) in [6.07, 6.45) is 18.0. The predicted molar refractivity (Wildman–Crippen MR) is 144 cm³/mol. The summed E-state index contributed by atoms with van der Waals surface area (Å²) in [4.78, 5) is 10.8. The highest BCUT2D eigenvalue weighted by atomic mass is 16.6. The van der Waals surface area contributed by atoms with E-state index in [9.17, 15) is 10.1 Å². The molecule has 1 fully saturated rings. The summed E-state index contributed by atoms with van der Waals surface area (Å²) in [5.74, 6) is 0.671. The zero-order valence-corrected chi connectivity index (χ0v) is 22.6. The van der Waals surface area contributed by atoms with E-state index in [2.05, 4.69) is 19.1 Å². The molecule has 0 aliphatic carbocycles. The molecule has 1 heterocycles.